The number of amides is 2. The lowest BCUT2D eigenvalue weighted by Crippen LogP contribution is -2.49. The third-order valence-electron chi connectivity index (χ3n) is 4.26. The molecule has 0 bridgehead atoms. The molecule has 2 fully saturated rings. The monoisotopic (exact) mass is 286 g/mol. The Kier molecular flexibility index (Phi) is 4.82. The number of carboxylic acids is 1. The molecule has 0 spiro atoms. The average Bonchev–Trinajstić information content (AvgIpc) is 3.06. The van der Waals surface area contributed by atoms with Crippen LogP contribution in [0.5, 0.6) is 0 Å². The van der Waals surface area contributed by atoms with Gasteiger partial charge in [0.15, 0.2) is 0 Å². The van der Waals surface area contributed by atoms with Crippen molar-refractivity contribution in [2.45, 2.75) is 18.9 Å². The van der Waals surface area contributed by atoms with E-state index in [1.807, 2.05) is 0 Å². The van der Waals surface area contributed by atoms with Crippen LogP contribution in [0.15, 0.2) is 0 Å². The largest absolute Gasteiger partial charge is 0.481 e. The van der Waals surface area contributed by atoms with Crippen LogP contribution < -0.4 is 0 Å². The number of likely N-dealkylation sites (N-methyl/N-ethyl adjacent to an activating group) is 1. The van der Waals surface area contributed by atoms with Crippen molar-refractivity contribution in [1.82, 2.24) is 9.80 Å². The minimum atomic E-state index is -0.924. The van der Waals surface area contributed by atoms with Gasteiger partial charge in [0.1, 0.15) is 5.92 Å². The summed E-state index contributed by atoms with van der Waals surface area (Å²) in [4.78, 5) is 26.8. The van der Waals surface area contributed by atoms with E-state index in [1.54, 1.807) is 11.9 Å². The number of likely N-dealkylation sites (tertiary alicyclic amines) is 1. The van der Waals surface area contributed by atoms with E-state index in [4.69, 9.17) is 14.9 Å². The molecule has 0 aliphatic carbocycles. The van der Waals surface area contributed by atoms with Crippen molar-refractivity contribution in [2.24, 2.45) is 11.8 Å². The van der Waals surface area contributed by atoms with Crippen LogP contribution in [0.3, 0.4) is 0 Å². The van der Waals surface area contributed by atoms with Gasteiger partial charge < -0.3 is 24.7 Å². The molecule has 2 N–H and O–H groups in total. The molecular weight excluding hydrogens is 264 g/mol. The first-order valence-corrected chi connectivity index (χ1v) is 6.97. The smallest absolute Gasteiger partial charge is 0.320 e. The Morgan fingerprint density at radius 1 is 1.40 bits per heavy atom. The molecule has 0 radical (unpaired) electrons. The van der Waals surface area contributed by atoms with Crippen molar-refractivity contribution in [2.75, 3.05) is 40.0 Å². The second-order valence-corrected chi connectivity index (χ2v) is 5.56. The zero-order valence-electron chi connectivity index (χ0n) is 11.7. The Morgan fingerprint density at radius 2 is 2.15 bits per heavy atom. The van der Waals surface area contributed by atoms with Crippen molar-refractivity contribution in [3.8, 4) is 0 Å². The molecule has 7 heteroatoms. The van der Waals surface area contributed by atoms with Gasteiger partial charge in [0.25, 0.3) is 0 Å². The highest BCUT2D eigenvalue weighted by Gasteiger charge is 2.40. The van der Waals surface area contributed by atoms with Crippen LogP contribution in [-0.4, -0.2) is 78.0 Å². The summed E-state index contributed by atoms with van der Waals surface area (Å²) in [6.07, 6.45) is 1.60. The number of carboxylic acid groups (broad SMARTS) is 1. The normalized spacial score (nSPS) is 29.7. The second-order valence-electron chi connectivity index (χ2n) is 5.56. The van der Waals surface area contributed by atoms with Crippen LogP contribution in [-0.2, 0) is 9.53 Å². The molecular formula is C13H22N2O5. The number of urea groups is 1. The van der Waals surface area contributed by atoms with Crippen LogP contribution >= 0.6 is 0 Å². The highest BCUT2D eigenvalue weighted by Crippen LogP contribution is 2.24. The molecule has 2 saturated heterocycles. The average molecular weight is 286 g/mol. The first-order chi connectivity index (χ1) is 9.54. The Hall–Kier alpha value is -1.34. The number of aliphatic hydroxyl groups is 1. The van der Waals surface area contributed by atoms with E-state index in [-0.39, 0.29) is 25.9 Å². The van der Waals surface area contributed by atoms with E-state index in [0.717, 1.165) is 6.42 Å². The number of carbonyl (C=O) groups excluding carboxylic acids is 1. The van der Waals surface area contributed by atoms with Gasteiger partial charge in [0.2, 0.25) is 0 Å². The lowest BCUT2D eigenvalue weighted by Gasteiger charge is -2.30. The molecule has 0 aromatic carbocycles. The van der Waals surface area contributed by atoms with E-state index in [2.05, 4.69) is 0 Å². The van der Waals surface area contributed by atoms with E-state index in [1.165, 1.54) is 4.90 Å². The van der Waals surface area contributed by atoms with Crippen molar-refractivity contribution < 1.29 is 24.5 Å². The maximum Gasteiger partial charge on any atom is 0.320 e. The van der Waals surface area contributed by atoms with E-state index in [9.17, 15) is 9.59 Å². The Labute approximate surface area is 118 Å². The summed E-state index contributed by atoms with van der Waals surface area (Å²) in [7, 11) is 1.64. The predicted octanol–water partition coefficient (Wildman–Crippen LogP) is -0.158. The molecule has 0 aromatic rings. The maximum absolute atomic E-state index is 12.4. The van der Waals surface area contributed by atoms with Gasteiger partial charge in [-0.1, -0.05) is 0 Å². The lowest BCUT2D eigenvalue weighted by molar-refractivity contribution is -0.142. The summed E-state index contributed by atoms with van der Waals surface area (Å²) < 4.78 is 5.20. The van der Waals surface area contributed by atoms with Gasteiger partial charge in [0.05, 0.1) is 19.3 Å². The first kappa shape index (κ1) is 15.1. The van der Waals surface area contributed by atoms with Gasteiger partial charge in [-0.2, -0.15) is 0 Å². The predicted molar refractivity (Wildman–Crippen MR) is 70.3 cm³/mol. The summed E-state index contributed by atoms with van der Waals surface area (Å²) in [6, 6.07) is -0.552. The number of hydrogen-bond acceptors (Lipinski definition) is 4. The Morgan fingerprint density at radius 3 is 2.80 bits per heavy atom. The molecule has 2 aliphatic rings. The summed E-state index contributed by atoms with van der Waals surface area (Å²) >= 11 is 0. The highest BCUT2D eigenvalue weighted by molar-refractivity contribution is 5.77. The Bertz CT molecular complexity index is 376. The number of rotatable bonds is 4. The number of aliphatic carboxylic acids is 1. The molecule has 2 amide bonds. The molecule has 7 nitrogen and oxygen atoms in total. The number of carbonyl (C=O) groups is 2. The second kappa shape index (κ2) is 6.41. The maximum atomic E-state index is 12.4. The minimum Gasteiger partial charge on any atom is -0.481 e. The highest BCUT2D eigenvalue weighted by atomic mass is 16.5. The van der Waals surface area contributed by atoms with E-state index >= 15 is 0 Å². The number of aliphatic hydroxyl groups excluding tert-OH is 1. The van der Waals surface area contributed by atoms with Crippen molar-refractivity contribution in [3.05, 3.63) is 0 Å². The molecule has 2 heterocycles. The molecule has 2 aliphatic heterocycles. The van der Waals surface area contributed by atoms with Gasteiger partial charge in [-0.05, 0) is 18.8 Å². The van der Waals surface area contributed by atoms with Gasteiger partial charge >= 0.3 is 12.0 Å². The summed E-state index contributed by atoms with van der Waals surface area (Å²) in [5, 5.41) is 18.1. The summed E-state index contributed by atoms with van der Waals surface area (Å²) in [5.41, 5.74) is 0. The topological polar surface area (TPSA) is 90.3 Å². The summed E-state index contributed by atoms with van der Waals surface area (Å²) in [6.45, 7) is 1.87. The minimum absolute atomic E-state index is 0.139. The zero-order chi connectivity index (χ0) is 14.7. The molecule has 3 unspecified atom stereocenters. The SMILES string of the molecule is CN(C(=O)N1CCC(CCO)C1)C1COCC1C(=O)O. The number of hydrogen-bond donors (Lipinski definition) is 2. The van der Waals surface area contributed by atoms with E-state index < -0.39 is 17.9 Å². The fraction of sp³-hybridized carbons (Fsp3) is 0.846. The Balaban J connectivity index is 1.93. The van der Waals surface area contributed by atoms with E-state index in [0.29, 0.717) is 25.4 Å². The molecule has 20 heavy (non-hydrogen) atoms. The fourth-order valence-corrected chi connectivity index (χ4v) is 2.95. The van der Waals surface area contributed by atoms with Gasteiger partial charge in [-0.15, -0.1) is 0 Å². The summed E-state index contributed by atoms with van der Waals surface area (Å²) in [5.74, 6) is -1.24. The molecule has 0 saturated carbocycles. The quantitative estimate of drug-likeness (QED) is 0.749. The standard InChI is InChI=1S/C13H22N2O5/c1-14(11-8-20-7-10(11)12(17)18)13(19)15-4-2-9(6-15)3-5-16/h9-11,16H,2-8H2,1H3,(H,17,18). The van der Waals surface area contributed by atoms with Crippen LogP contribution in [0.2, 0.25) is 0 Å². The van der Waals surface area contributed by atoms with Gasteiger partial charge in [-0.25, -0.2) is 4.79 Å². The van der Waals surface area contributed by atoms with Gasteiger partial charge in [0, 0.05) is 26.7 Å². The van der Waals surface area contributed by atoms with Crippen LogP contribution in [0.1, 0.15) is 12.8 Å². The van der Waals surface area contributed by atoms with Crippen LogP contribution in [0.4, 0.5) is 4.79 Å². The van der Waals surface area contributed by atoms with Crippen molar-refractivity contribution in [1.29, 1.82) is 0 Å². The number of nitrogens with zero attached hydrogens (tertiary/aromatic N) is 2. The van der Waals surface area contributed by atoms with Crippen molar-refractivity contribution in [3.63, 3.8) is 0 Å². The van der Waals surface area contributed by atoms with Gasteiger partial charge in [-0.3, -0.25) is 4.79 Å². The van der Waals surface area contributed by atoms with Crippen LogP contribution in [0, 0.1) is 11.8 Å². The molecule has 3 atom stereocenters. The van der Waals surface area contributed by atoms with Crippen molar-refractivity contribution >= 4 is 12.0 Å². The molecule has 114 valence electrons. The molecule has 0 aromatic heterocycles. The molecule has 2 rings (SSSR count). The zero-order valence-corrected chi connectivity index (χ0v) is 11.7. The van der Waals surface area contributed by atoms with Crippen LogP contribution in [0.25, 0.3) is 0 Å². The number of ether oxygens (including phenoxy) is 1. The third-order valence-corrected chi connectivity index (χ3v) is 4.26. The first-order valence-electron chi connectivity index (χ1n) is 6.97. The lowest BCUT2D eigenvalue weighted by atomic mass is 10.0. The third kappa shape index (κ3) is 3.04. The fourth-order valence-electron chi connectivity index (χ4n) is 2.95.